The summed E-state index contributed by atoms with van der Waals surface area (Å²) in [5.74, 6) is -27.9. The number of carbonyl (C=O) groups is 16. The van der Waals surface area contributed by atoms with Gasteiger partial charge in [0.2, 0.25) is 17.7 Å². The predicted octanol–water partition coefficient (Wildman–Crippen LogP) is 12.1. The molecule has 0 spiro atoms. The van der Waals surface area contributed by atoms with Crippen molar-refractivity contribution >= 4 is 128 Å². The van der Waals surface area contributed by atoms with Crippen molar-refractivity contribution in [1.29, 1.82) is 5.26 Å². The van der Waals surface area contributed by atoms with Gasteiger partial charge >= 0.3 is 0 Å². The van der Waals surface area contributed by atoms with Gasteiger partial charge in [0.1, 0.15) is 56.6 Å². The Morgan fingerprint density at radius 3 is 0.915 bits per heavy atom. The summed E-state index contributed by atoms with van der Waals surface area (Å²) in [7, 11) is 3.77. The Morgan fingerprint density at radius 2 is 0.631 bits per heavy atom. The maximum absolute atomic E-state index is 13.9. The van der Waals surface area contributed by atoms with Crippen molar-refractivity contribution < 1.29 is 121 Å². The quantitative estimate of drug-likeness (QED) is 0.0144. The average Bonchev–Trinajstić information content (AvgIpc) is 1.70. The number of hydrogen-bond acceptors (Lipinski definition) is 17. The number of ketones is 5. The number of amides is 11. The Balaban J connectivity index is 0.000000158. The first-order chi connectivity index (χ1) is 66.1. The van der Waals surface area contributed by atoms with Gasteiger partial charge in [0.15, 0.2) is 5.78 Å². The van der Waals surface area contributed by atoms with Crippen LogP contribution in [0.15, 0.2) is 72.8 Å². The number of benzene rings is 4. The highest BCUT2D eigenvalue weighted by atomic mass is 35.5. The molecule has 8 aliphatic rings. The van der Waals surface area contributed by atoms with Gasteiger partial charge in [-0.3, -0.25) is 76.7 Å². The van der Waals surface area contributed by atoms with Gasteiger partial charge in [0, 0.05) is 161 Å². The Labute approximate surface area is 805 Å². The molecule has 11 N–H and O–H groups in total. The number of rotatable bonds is 25. The van der Waals surface area contributed by atoms with Crippen molar-refractivity contribution in [3.05, 3.63) is 207 Å². The van der Waals surface area contributed by atoms with E-state index in [0.29, 0.717) is 139 Å². The van der Waals surface area contributed by atoms with Crippen LogP contribution in [0.4, 0.5) is 66.7 Å². The van der Waals surface area contributed by atoms with Crippen LogP contribution in [0.25, 0.3) is 0 Å². The van der Waals surface area contributed by atoms with E-state index in [4.69, 9.17) is 11.6 Å². The highest BCUT2D eigenvalue weighted by molar-refractivity contribution is 6.46. The van der Waals surface area contributed by atoms with Gasteiger partial charge in [-0.1, -0.05) is 48.4 Å². The number of nitriles is 1. The molecule has 4 fully saturated rings. The third-order valence-corrected chi connectivity index (χ3v) is 27.3. The molecule has 11 amide bonds. The van der Waals surface area contributed by atoms with Crippen LogP contribution in [0.5, 0.6) is 0 Å². The summed E-state index contributed by atoms with van der Waals surface area (Å²) in [6, 6.07) is 21.2. The minimum absolute atomic E-state index is 0.0370. The summed E-state index contributed by atoms with van der Waals surface area (Å²) >= 11 is 6.15. The minimum atomic E-state index is -3.16. The lowest BCUT2D eigenvalue weighted by Crippen LogP contribution is -2.69. The molecule has 0 atom stereocenters. The molecule has 746 valence electrons. The van der Waals surface area contributed by atoms with Gasteiger partial charge in [-0.15, -0.1) is 0 Å². The standard InChI is InChI=1S/C25H26ClF2N3O4.C25H25F2N5O4.C24H24F4N4O4.C24H26F2N4O4/c1-4-18(32)24(11-25(27,28)12-24)30-23(35)21(33)19-14(3)20(31-9-5-6-17(19)31)22(34)29-15-8-7-13(2)16(26)10-15;1-13-6-7-16(9-15(13)10-28)30-21(34)19-14(2)18(17-5-4-8-32(17)19)20(33)22(35)31-24(23(36)29-3)11-25(26,27)12-24;1-11-14(25)7-13(8-15(11)26)30-20(34)18-12(2)17(16-5-4-6-32(16)18)19(33)21(35)31-23(22(36)29-3)9-24(27,28)10-23;1-13-6-8-15(9-7-13)28-20(32)18-14(2)17(16-5-4-10-30(16)18)19(31)21(33)29-23(22(34)27-3)11-24(25,26)12-23/h7-8,10H,4-6,9,11-12H2,1-3H3,(H,29,34)(H,30,35);6-7,9H,4-5,8,11-12H2,1-3H3,(H,29,36)(H,30,34)(H,31,35);7-8H,4-6,9-10H2,1-3H3,(H,29,36)(H,30,34)(H,31,35);6-9H,4-5,10-12H2,1-3H3,(H,27,34)(H,28,32)(H,29,33). The van der Waals surface area contributed by atoms with Crippen molar-refractivity contribution in [3.63, 3.8) is 0 Å². The van der Waals surface area contributed by atoms with Crippen molar-refractivity contribution in [1.82, 2.24) is 55.5 Å². The summed E-state index contributed by atoms with van der Waals surface area (Å²) < 4.78 is 143. The number of halogens is 11. The molecule has 0 saturated heterocycles. The first kappa shape index (κ1) is 104. The Kier molecular flexibility index (Phi) is 29.0. The molecule has 4 aromatic carbocycles. The summed E-state index contributed by atoms with van der Waals surface area (Å²) in [5.41, 5.74) is 0.860. The zero-order chi connectivity index (χ0) is 104. The topological polar surface area (TPSA) is 449 Å². The van der Waals surface area contributed by atoms with Crippen LogP contribution in [0.2, 0.25) is 5.02 Å². The highest BCUT2D eigenvalue weighted by Crippen LogP contribution is 2.51. The fourth-order valence-electron chi connectivity index (χ4n) is 20.1. The molecular weight excluding hydrogens is 1880 g/mol. The molecule has 4 aliphatic heterocycles. The molecular formula is C98H101ClF10N16O16. The van der Waals surface area contributed by atoms with Crippen LogP contribution in [-0.4, -0.2) is 179 Å². The van der Waals surface area contributed by atoms with E-state index in [9.17, 15) is 126 Å². The number of alkyl halides is 8. The predicted molar refractivity (Wildman–Crippen MR) is 491 cm³/mol. The molecule has 0 bridgehead atoms. The molecule has 4 saturated carbocycles. The summed E-state index contributed by atoms with van der Waals surface area (Å²) in [5, 5.41) is 36.2. The Morgan fingerprint density at radius 1 is 0.362 bits per heavy atom. The lowest BCUT2D eigenvalue weighted by molar-refractivity contribution is -0.164. The van der Waals surface area contributed by atoms with Crippen LogP contribution in [0.3, 0.4) is 0 Å². The number of aryl methyl sites for hydroxylation is 3. The molecule has 8 heterocycles. The molecule has 43 heteroatoms. The van der Waals surface area contributed by atoms with E-state index in [1.54, 1.807) is 94.5 Å². The first-order valence-electron chi connectivity index (χ1n) is 45.2. The second-order valence-electron chi connectivity index (χ2n) is 36.9. The zero-order valence-corrected chi connectivity index (χ0v) is 79.5. The highest BCUT2D eigenvalue weighted by Gasteiger charge is 2.66. The molecule has 32 nitrogen and oxygen atoms in total. The maximum atomic E-state index is 13.9. The van der Waals surface area contributed by atoms with Gasteiger partial charge in [-0.05, 0) is 189 Å². The number of carbonyl (C=O) groups excluding carboxylic acids is 16. The number of fused-ring (bicyclic) bond motifs is 4. The normalized spacial score (nSPS) is 17.1. The number of anilines is 4. The average molecular weight is 1980 g/mol. The van der Waals surface area contributed by atoms with Crippen molar-refractivity contribution in [2.75, 3.05) is 42.4 Å². The second-order valence-corrected chi connectivity index (χ2v) is 37.3. The summed E-state index contributed by atoms with van der Waals surface area (Å²) in [6.07, 6.45) is -2.77. The third-order valence-electron chi connectivity index (χ3n) is 26.9. The zero-order valence-electron chi connectivity index (χ0n) is 78.7. The number of aromatic nitrogens is 4. The van der Waals surface area contributed by atoms with Gasteiger partial charge in [0.25, 0.3) is 94.1 Å². The van der Waals surface area contributed by atoms with Gasteiger partial charge in [0.05, 0.1) is 33.9 Å². The molecule has 4 aliphatic carbocycles. The molecule has 16 rings (SSSR count). The van der Waals surface area contributed by atoms with E-state index in [1.165, 1.54) is 41.9 Å². The van der Waals surface area contributed by atoms with Crippen LogP contribution >= 0.6 is 11.6 Å². The van der Waals surface area contributed by atoms with Gasteiger partial charge in [-0.25, -0.2) is 43.9 Å². The Hall–Kier alpha value is -14.4. The lowest BCUT2D eigenvalue weighted by atomic mass is 9.69. The second kappa shape index (κ2) is 39.4. The molecule has 4 aromatic heterocycles. The molecule has 0 radical (unpaired) electrons. The Bertz CT molecular complexity index is 6660. The van der Waals surface area contributed by atoms with Crippen molar-refractivity contribution in [2.24, 2.45) is 0 Å². The monoisotopic (exact) mass is 1980 g/mol. The van der Waals surface area contributed by atoms with Crippen molar-refractivity contribution in [2.45, 2.75) is 243 Å². The number of nitrogens with zero attached hydrogens (tertiary/aromatic N) is 5. The maximum Gasteiger partial charge on any atom is 0.293 e. The number of nitrogens with one attached hydrogen (secondary N) is 11. The third kappa shape index (κ3) is 20.3. The van der Waals surface area contributed by atoms with E-state index < -0.39 is 203 Å². The summed E-state index contributed by atoms with van der Waals surface area (Å²) in [6.45, 7) is 16.3. The summed E-state index contributed by atoms with van der Waals surface area (Å²) in [4.78, 5) is 206. The number of Topliss-reactive ketones (excluding diaryl/α,β-unsaturated/α-hetero) is 5. The van der Waals surface area contributed by atoms with Crippen LogP contribution in [0.1, 0.15) is 247 Å². The fraction of sp³-hybridized carbons (Fsp3) is 0.418. The van der Waals surface area contributed by atoms with E-state index in [-0.39, 0.29) is 73.8 Å². The lowest BCUT2D eigenvalue weighted by Gasteiger charge is -2.46. The van der Waals surface area contributed by atoms with Gasteiger partial charge in [-0.2, -0.15) is 5.26 Å². The van der Waals surface area contributed by atoms with E-state index in [1.807, 2.05) is 26.0 Å². The number of hydrogen-bond donors (Lipinski definition) is 11. The van der Waals surface area contributed by atoms with Crippen LogP contribution < -0.4 is 58.5 Å². The first-order valence-corrected chi connectivity index (χ1v) is 45.6. The van der Waals surface area contributed by atoms with Gasteiger partial charge < -0.3 is 76.8 Å². The molecule has 8 aromatic rings. The van der Waals surface area contributed by atoms with E-state index in [2.05, 4.69) is 64.6 Å². The van der Waals surface area contributed by atoms with Crippen LogP contribution in [0, 0.1) is 78.4 Å². The largest absolute Gasteiger partial charge is 0.357 e. The SMILES string of the molecule is CCC(=O)C1(NC(=O)C(=O)c2c(C)c(C(=O)Nc3ccc(C)c(Cl)c3)n3c2CCC3)CC(F)(F)C1.CNC(=O)C1(NC(=O)C(=O)c2c(C)c(C(=O)Nc3cc(F)c(C)c(F)c3)n3c2CCC3)CC(F)(F)C1.CNC(=O)C1(NC(=O)C(=O)c2c(C)c(C(=O)Nc3ccc(C)c(C#N)c3)n3c2CCC3)CC(F)(F)C1.CNC(=O)C1(NC(=O)C(=O)c2c(C)c(C(=O)Nc3ccc(C)cc3)n3c2CCC3)CC(F)(F)C1. The molecule has 141 heavy (non-hydrogen) atoms. The smallest absolute Gasteiger partial charge is 0.293 e. The van der Waals surface area contributed by atoms with Crippen molar-refractivity contribution in [3.8, 4) is 6.07 Å². The van der Waals surface area contributed by atoms with E-state index >= 15 is 0 Å². The fourth-order valence-corrected chi connectivity index (χ4v) is 20.2. The van der Waals surface area contributed by atoms with Crippen LogP contribution in [-0.2, 0) is 90.2 Å². The minimum Gasteiger partial charge on any atom is -0.357 e. The van der Waals surface area contributed by atoms with E-state index in [0.717, 1.165) is 28.8 Å². The number of likely N-dealkylation sites (N-methyl/N-ethyl adjacent to an activating group) is 3. The molecule has 0 unspecified atom stereocenters.